The summed E-state index contributed by atoms with van der Waals surface area (Å²) in [6.45, 7) is -6.94. The van der Waals surface area contributed by atoms with E-state index in [1.807, 2.05) is 0 Å². The second-order valence-corrected chi connectivity index (χ2v) is 3.42. The summed E-state index contributed by atoms with van der Waals surface area (Å²) in [6, 6.07) is -1.06. The summed E-state index contributed by atoms with van der Waals surface area (Å²) in [7, 11) is 0. The Balaban J connectivity index is 2.94. The molecule has 1 aliphatic heterocycles. The Morgan fingerprint density at radius 3 is 3.36 bits per heavy atom. The first-order chi connectivity index (χ1) is 11.4. The summed E-state index contributed by atoms with van der Waals surface area (Å²) in [5.74, 6) is -0.507. The van der Waals surface area contributed by atoms with Gasteiger partial charge in [-0.15, -0.1) is 0 Å². The van der Waals surface area contributed by atoms with Crippen molar-refractivity contribution in [1.29, 1.82) is 0 Å². The van der Waals surface area contributed by atoms with E-state index in [1.165, 1.54) is 6.07 Å². The highest BCUT2D eigenvalue weighted by atomic mass is 79.9. The van der Waals surface area contributed by atoms with Gasteiger partial charge >= 0.3 is 0 Å². The van der Waals surface area contributed by atoms with Gasteiger partial charge in [-0.25, -0.2) is 4.98 Å². The Morgan fingerprint density at radius 1 is 1.71 bits per heavy atom. The minimum absolute atomic E-state index is 0.0841. The van der Waals surface area contributed by atoms with Gasteiger partial charge in [-0.05, 0) is 54.0 Å². The third-order valence-electron chi connectivity index (χ3n) is 1.58. The molecule has 0 radical (unpaired) electrons. The smallest absolute Gasteiger partial charge is 0.128 e. The largest absolute Gasteiger partial charge is 0.354 e. The molecule has 1 aromatic heterocycles. The second kappa shape index (κ2) is 4.30. The Labute approximate surface area is 110 Å². The van der Waals surface area contributed by atoms with Gasteiger partial charge in [-0.2, -0.15) is 0 Å². The van der Waals surface area contributed by atoms with E-state index in [0.717, 1.165) is 12.3 Å². The quantitative estimate of drug-likeness (QED) is 0.776. The lowest BCUT2D eigenvalue weighted by molar-refractivity contribution is 0.481. The summed E-state index contributed by atoms with van der Waals surface area (Å²) in [6.07, 6.45) is -9.62. The van der Waals surface area contributed by atoms with Crippen molar-refractivity contribution >= 4 is 21.7 Å². The van der Waals surface area contributed by atoms with Crippen molar-refractivity contribution < 1.29 is 16.4 Å². The number of piperidine rings is 1. The molecule has 0 N–H and O–H groups in total. The van der Waals surface area contributed by atoms with E-state index in [-0.39, 0.29) is 4.90 Å². The molecule has 1 saturated heterocycles. The maximum absolute atomic E-state index is 8.40. The highest BCUT2D eigenvalue weighted by Crippen LogP contribution is 2.23. The number of nitrogens with zero attached hydrogens (tertiary/aromatic N) is 2. The lowest BCUT2D eigenvalue weighted by atomic mass is 10.0. The minimum Gasteiger partial charge on any atom is -0.354 e. The maximum Gasteiger partial charge on any atom is 0.128 e. The van der Waals surface area contributed by atoms with Crippen LogP contribution in [-0.2, 0) is 0 Å². The predicted molar refractivity (Wildman–Crippen MR) is 62.6 cm³/mol. The standard InChI is InChI=1S/C11H15BrN2/c1-9-4-2-3-7-14(9)11-6-5-10(12)8-13-11/h5-6,8-9H,2-4,7H2,1H3/i1D3,2D2,3D2,4D2,7D2,9D. The van der Waals surface area contributed by atoms with E-state index in [4.69, 9.17) is 16.4 Å². The molecule has 1 aliphatic rings. The summed E-state index contributed by atoms with van der Waals surface area (Å²) in [5.41, 5.74) is 0. The topological polar surface area (TPSA) is 16.1 Å². The monoisotopic (exact) mass is 266 g/mol. The van der Waals surface area contributed by atoms with Gasteiger partial charge in [0.15, 0.2) is 0 Å². The van der Waals surface area contributed by atoms with Crippen LogP contribution in [0.1, 0.15) is 42.4 Å². The van der Waals surface area contributed by atoms with Crippen LogP contribution < -0.4 is 4.90 Å². The molecule has 2 rings (SSSR count). The molecule has 2 heterocycles. The molecule has 2 nitrogen and oxygen atoms in total. The van der Waals surface area contributed by atoms with Crippen LogP contribution in [0.15, 0.2) is 22.8 Å². The van der Waals surface area contributed by atoms with Crippen LogP contribution >= 0.6 is 15.9 Å². The number of hydrogen-bond acceptors (Lipinski definition) is 2. The van der Waals surface area contributed by atoms with E-state index in [0.29, 0.717) is 4.47 Å². The molecule has 0 bridgehead atoms. The molecular weight excluding hydrogens is 240 g/mol. The van der Waals surface area contributed by atoms with Gasteiger partial charge in [-0.3, -0.25) is 0 Å². The third-order valence-corrected chi connectivity index (χ3v) is 2.04. The van der Waals surface area contributed by atoms with Crippen LogP contribution in [-0.4, -0.2) is 17.5 Å². The highest BCUT2D eigenvalue weighted by molar-refractivity contribution is 9.10. The van der Waals surface area contributed by atoms with E-state index >= 15 is 0 Å². The molecule has 0 aliphatic carbocycles. The van der Waals surface area contributed by atoms with Gasteiger partial charge < -0.3 is 4.90 Å². The van der Waals surface area contributed by atoms with E-state index in [2.05, 4.69) is 20.9 Å². The van der Waals surface area contributed by atoms with Gasteiger partial charge in [0.1, 0.15) is 5.82 Å². The Morgan fingerprint density at radius 2 is 2.64 bits per heavy atom. The van der Waals surface area contributed by atoms with Crippen LogP contribution in [0.25, 0.3) is 0 Å². The fraction of sp³-hybridized carbons (Fsp3) is 0.545. The average molecular weight is 267 g/mol. The normalized spacial score (nSPS) is 55.6. The molecule has 0 aromatic carbocycles. The summed E-state index contributed by atoms with van der Waals surface area (Å²) < 4.78 is 95.7. The number of halogens is 1. The van der Waals surface area contributed by atoms with Crippen LogP contribution in [0.4, 0.5) is 5.82 Å². The average Bonchev–Trinajstić information content (AvgIpc) is 2.46. The molecule has 0 saturated carbocycles. The van der Waals surface area contributed by atoms with Crippen molar-refractivity contribution in [2.75, 3.05) is 11.4 Å². The summed E-state index contributed by atoms with van der Waals surface area (Å²) in [5, 5.41) is 0. The van der Waals surface area contributed by atoms with Gasteiger partial charge in [-0.1, -0.05) is 0 Å². The van der Waals surface area contributed by atoms with Crippen LogP contribution in [0.2, 0.25) is 0 Å². The van der Waals surface area contributed by atoms with Crippen molar-refractivity contribution in [2.45, 2.75) is 32.0 Å². The first-order valence-electron chi connectivity index (χ1n) is 9.79. The van der Waals surface area contributed by atoms with Crippen molar-refractivity contribution in [3.05, 3.63) is 22.8 Å². The highest BCUT2D eigenvalue weighted by Gasteiger charge is 2.18. The predicted octanol–water partition coefficient (Wildman–Crippen LogP) is 3.22. The van der Waals surface area contributed by atoms with Crippen molar-refractivity contribution in [3.63, 3.8) is 0 Å². The maximum atomic E-state index is 8.40. The third kappa shape index (κ3) is 2.08. The van der Waals surface area contributed by atoms with E-state index in [9.17, 15) is 0 Å². The molecule has 0 amide bonds. The zero-order chi connectivity index (χ0) is 20.6. The van der Waals surface area contributed by atoms with Crippen molar-refractivity contribution in [2.24, 2.45) is 0 Å². The molecule has 0 spiro atoms. The number of pyridine rings is 1. The number of anilines is 1. The number of hydrogen-bond donors (Lipinski definition) is 0. The lowest BCUT2D eigenvalue weighted by Crippen LogP contribution is -2.37. The van der Waals surface area contributed by atoms with Crippen molar-refractivity contribution in [1.82, 2.24) is 4.98 Å². The SMILES string of the molecule is [2H]C([2H])([2H])C1([2H])N(c2ccc(Br)cn2)C([2H])([2H])C([2H])([2H])C([2H])([2H])C1([2H])[2H]. The fourth-order valence-corrected chi connectivity index (χ4v) is 1.19. The van der Waals surface area contributed by atoms with Crippen LogP contribution in [0, 0.1) is 0 Å². The van der Waals surface area contributed by atoms with E-state index in [1.54, 1.807) is 0 Å². The zero-order valence-corrected chi connectivity index (χ0v) is 8.59. The molecule has 3 heteroatoms. The van der Waals surface area contributed by atoms with Crippen molar-refractivity contribution in [3.8, 4) is 0 Å². The molecule has 1 aromatic rings. The van der Waals surface area contributed by atoms with Crippen LogP contribution in [0.5, 0.6) is 0 Å². The molecule has 1 fully saturated rings. The fourth-order valence-electron chi connectivity index (χ4n) is 0.958. The summed E-state index contributed by atoms with van der Waals surface area (Å²) in [4.78, 5) is 3.88. The number of aromatic nitrogens is 1. The Bertz CT molecular complexity index is 700. The molecule has 14 heavy (non-hydrogen) atoms. The molecule has 1 atom stereocenters. The first-order valence-corrected chi connectivity index (χ1v) is 4.58. The van der Waals surface area contributed by atoms with Gasteiger partial charge in [0, 0.05) is 38.3 Å². The van der Waals surface area contributed by atoms with Crippen LogP contribution in [0.3, 0.4) is 0 Å². The lowest BCUT2D eigenvalue weighted by Gasteiger charge is -2.34. The number of rotatable bonds is 1. The zero-order valence-electron chi connectivity index (χ0n) is 19.0. The Hall–Kier alpha value is -0.570. The van der Waals surface area contributed by atoms with Gasteiger partial charge in [0.25, 0.3) is 0 Å². The minimum atomic E-state index is -3.63. The molecular formula is C11H15BrN2. The molecule has 1 unspecified atom stereocenters. The second-order valence-electron chi connectivity index (χ2n) is 2.51. The first kappa shape index (κ1) is 2.97. The van der Waals surface area contributed by atoms with Gasteiger partial charge in [0.2, 0.25) is 0 Å². The van der Waals surface area contributed by atoms with Gasteiger partial charge in [0.05, 0.1) is 1.37 Å². The van der Waals surface area contributed by atoms with E-state index < -0.39 is 44.3 Å². The summed E-state index contributed by atoms with van der Waals surface area (Å²) >= 11 is 3.09. The molecule has 76 valence electrons. The Kier molecular flexibility index (Phi) is 0.913.